The Bertz CT molecular complexity index is 661. The lowest BCUT2D eigenvalue weighted by molar-refractivity contribution is -0.144. The summed E-state index contributed by atoms with van der Waals surface area (Å²) in [4.78, 5) is 24.1. The monoisotopic (exact) mass is 763 g/mol. The lowest BCUT2D eigenvalue weighted by atomic mass is 10.0. The summed E-state index contributed by atoms with van der Waals surface area (Å²) < 4.78 is 10.9. The van der Waals surface area contributed by atoms with Gasteiger partial charge in [0.15, 0.2) is 0 Å². The van der Waals surface area contributed by atoms with Crippen LogP contribution in [0.25, 0.3) is 0 Å². The van der Waals surface area contributed by atoms with E-state index in [0.717, 1.165) is 38.5 Å². The molecule has 0 aromatic rings. The maximum atomic E-state index is 12.0. The van der Waals surface area contributed by atoms with Crippen LogP contribution >= 0.6 is 0 Å². The molecule has 0 amide bonds. The number of hydrogen-bond donors (Lipinski definition) is 0. The van der Waals surface area contributed by atoms with Crippen LogP contribution < -0.4 is 0 Å². The first-order valence-electron chi connectivity index (χ1n) is 25.0. The Labute approximate surface area is 339 Å². The third kappa shape index (κ3) is 47.1. The summed E-state index contributed by atoms with van der Waals surface area (Å²) in [6.45, 7) is 5.80. The molecule has 0 fully saturated rings. The van der Waals surface area contributed by atoms with Crippen molar-refractivity contribution in [3.05, 3.63) is 0 Å². The zero-order valence-corrected chi connectivity index (χ0v) is 37.2. The van der Waals surface area contributed by atoms with E-state index < -0.39 is 0 Å². The lowest BCUT2D eigenvalue weighted by Gasteiger charge is -2.06. The summed E-state index contributed by atoms with van der Waals surface area (Å²) in [5, 5.41) is 0. The minimum atomic E-state index is 0.0000561. The molecule has 0 aliphatic carbocycles. The van der Waals surface area contributed by atoms with Crippen LogP contribution in [-0.2, 0) is 19.1 Å². The molecule has 0 rings (SSSR count). The molecule has 0 spiro atoms. The Balaban J connectivity index is 3.22. The van der Waals surface area contributed by atoms with Gasteiger partial charge in [-0.2, -0.15) is 0 Å². The maximum Gasteiger partial charge on any atom is 0.305 e. The van der Waals surface area contributed by atoms with Gasteiger partial charge in [0.05, 0.1) is 13.2 Å². The van der Waals surface area contributed by atoms with E-state index in [-0.39, 0.29) is 11.9 Å². The second kappa shape index (κ2) is 48.1. The number of hydrogen-bond acceptors (Lipinski definition) is 4. The standard InChI is InChI=1S/C50H98O4/c1-3-5-7-9-11-13-15-17-19-21-23-27-31-35-39-43-47-53-49(51)45-41-37-33-29-25-26-30-34-38-42-46-50(52)54-48-44-40-36-32-28-24-22-20-18-16-14-12-10-8-6-4-2/h3-48H2,1-2H3. The fourth-order valence-electron chi connectivity index (χ4n) is 7.77. The van der Waals surface area contributed by atoms with Gasteiger partial charge in [0.25, 0.3) is 0 Å². The highest BCUT2D eigenvalue weighted by Crippen LogP contribution is 2.16. The van der Waals surface area contributed by atoms with Gasteiger partial charge in [0.2, 0.25) is 0 Å². The molecule has 0 N–H and O–H groups in total. The van der Waals surface area contributed by atoms with E-state index in [1.165, 1.54) is 231 Å². The van der Waals surface area contributed by atoms with Crippen molar-refractivity contribution in [2.75, 3.05) is 13.2 Å². The quantitative estimate of drug-likeness (QED) is 0.0458. The zero-order chi connectivity index (χ0) is 39.1. The lowest BCUT2D eigenvalue weighted by Crippen LogP contribution is -2.05. The van der Waals surface area contributed by atoms with Crippen molar-refractivity contribution in [1.82, 2.24) is 0 Å². The van der Waals surface area contributed by atoms with Crippen molar-refractivity contribution in [3.8, 4) is 0 Å². The van der Waals surface area contributed by atoms with E-state index >= 15 is 0 Å². The fraction of sp³-hybridized carbons (Fsp3) is 0.960. The third-order valence-corrected chi connectivity index (χ3v) is 11.5. The predicted molar refractivity (Wildman–Crippen MR) is 236 cm³/mol. The predicted octanol–water partition coefficient (Wildman–Crippen LogP) is 17.3. The molecule has 0 saturated carbocycles. The molecule has 0 aromatic carbocycles. The maximum absolute atomic E-state index is 12.0. The van der Waals surface area contributed by atoms with E-state index in [4.69, 9.17) is 9.47 Å². The number of esters is 2. The van der Waals surface area contributed by atoms with Crippen LogP contribution in [0.5, 0.6) is 0 Å². The van der Waals surface area contributed by atoms with Crippen LogP contribution in [0.4, 0.5) is 0 Å². The van der Waals surface area contributed by atoms with Crippen LogP contribution in [0.3, 0.4) is 0 Å². The second-order valence-corrected chi connectivity index (χ2v) is 17.1. The molecule has 0 heterocycles. The van der Waals surface area contributed by atoms with Gasteiger partial charge in [-0.15, -0.1) is 0 Å². The van der Waals surface area contributed by atoms with Crippen LogP contribution in [-0.4, -0.2) is 25.2 Å². The van der Waals surface area contributed by atoms with Crippen molar-refractivity contribution >= 4 is 11.9 Å². The molecule has 54 heavy (non-hydrogen) atoms. The Morgan fingerprint density at radius 3 is 0.611 bits per heavy atom. The molecule has 322 valence electrons. The zero-order valence-electron chi connectivity index (χ0n) is 37.2. The minimum absolute atomic E-state index is 0.0000561. The first kappa shape index (κ1) is 52.9. The van der Waals surface area contributed by atoms with Crippen LogP contribution in [0, 0.1) is 0 Å². The van der Waals surface area contributed by atoms with Crippen molar-refractivity contribution < 1.29 is 19.1 Å². The molecule has 0 bridgehead atoms. The van der Waals surface area contributed by atoms with Gasteiger partial charge >= 0.3 is 11.9 Å². The van der Waals surface area contributed by atoms with Crippen molar-refractivity contribution in [1.29, 1.82) is 0 Å². The van der Waals surface area contributed by atoms with E-state index in [2.05, 4.69) is 13.8 Å². The summed E-state index contributed by atoms with van der Waals surface area (Å²) in [5.41, 5.74) is 0. The van der Waals surface area contributed by atoms with E-state index in [0.29, 0.717) is 26.1 Å². The smallest absolute Gasteiger partial charge is 0.305 e. The van der Waals surface area contributed by atoms with E-state index in [1.807, 2.05) is 0 Å². The fourth-order valence-corrected chi connectivity index (χ4v) is 7.77. The number of unbranched alkanes of at least 4 members (excludes halogenated alkanes) is 39. The number of carbonyl (C=O) groups excluding carboxylic acids is 2. The van der Waals surface area contributed by atoms with Gasteiger partial charge in [-0.1, -0.05) is 258 Å². The first-order valence-corrected chi connectivity index (χ1v) is 25.0. The van der Waals surface area contributed by atoms with E-state index in [1.54, 1.807) is 0 Å². The summed E-state index contributed by atoms with van der Waals surface area (Å²) in [7, 11) is 0. The van der Waals surface area contributed by atoms with Gasteiger partial charge in [-0.25, -0.2) is 0 Å². The normalized spacial score (nSPS) is 11.4. The molecule has 0 radical (unpaired) electrons. The molecule has 4 heteroatoms. The third-order valence-electron chi connectivity index (χ3n) is 11.5. The summed E-state index contributed by atoms with van der Waals surface area (Å²) in [6, 6.07) is 0. The van der Waals surface area contributed by atoms with E-state index in [9.17, 15) is 9.59 Å². The topological polar surface area (TPSA) is 52.6 Å². The highest BCUT2D eigenvalue weighted by atomic mass is 16.5. The minimum Gasteiger partial charge on any atom is -0.466 e. The van der Waals surface area contributed by atoms with Crippen molar-refractivity contribution in [2.24, 2.45) is 0 Å². The Kier molecular flexibility index (Phi) is 47.1. The van der Waals surface area contributed by atoms with Gasteiger partial charge in [0, 0.05) is 12.8 Å². The van der Waals surface area contributed by atoms with Gasteiger partial charge in [0.1, 0.15) is 0 Å². The van der Waals surface area contributed by atoms with Gasteiger partial charge in [-0.05, 0) is 25.7 Å². The Hall–Kier alpha value is -1.06. The highest BCUT2D eigenvalue weighted by molar-refractivity contribution is 5.69. The summed E-state index contributed by atoms with van der Waals surface area (Å²) >= 11 is 0. The van der Waals surface area contributed by atoms with Crippen molar-refractivity contribution in [3.63, 3.8) is 0 Å². The van der Waals surface area contributed by atoms with Gasteiger partial charge < -0.3 is 9.47 Å². The largest absolute Gasteiger partial charge is 0.466 e. The first-order chi connectivity index (χ1) is 26.7. The molecule has 0 unspecified atom stereocenters. The molecule has 0 saturated heterocycles. The summed E-state index contributed by atoms with van der Waals surface area (Å²) in [6.07, 6.45) is 56.5. The molecule has 0 aliphatic heterocycles. The number of rotatable bonds is 47. The van der Waals surface area contributed by atoms with Gasteiger partial charge in [-0.3, -0.25) is 9.59 Å². The molecule has 4 nitrogen and oxygen atoms in total. The number of ether oxygens (including phenoxy) is 2. The Morgan fingerprint density at radius 1 is 0.241 bits per heavy atom. The second-order valence-electron chi connectivity index (χ2n) is 17.1. The average molecular weight is 763 g/mol. The van der Waals surface area contributed by atoms with Crippen LogP contribution in [0.2, 0.25) is 0 Å². The molecule has 0 aromatic heterocycles. The SMILES string of the molecule is CCCCCCCCCCCCCCCCCCOC(=O)CCCCCCCCCCCCC(=O)OCCCCCCCCCCCCCCCCCC. The van der Waals surface area contributed by atoms with Crippen LogP contribution in [0.1, 0.15) is 296 Å². The molecule has 0 aliphatic rings. The summed E-state index contributed by atoms with van der Waals surface area (Å²) in [5.74, 6) is 0.000112. The molecular formula is C50H98O4. The highest BCUT2D eigenvalue weighted by Gasteiger charge is 2.04. The van der Waals surface area contributed by atoms with Crippen LogP contribution in [0.15, 0.2) is 0 Å². The Morgan fingerprint density at radius 2 is 0.407 bits per heavy atom. The molecular weight excluding hydrogens is 665 g/mol. The number of carbonyl (C=O) groups is 2. The average Bonchev–Trinajstić information content (AvgIpc) is 3.17. The molecule has 0 atom stereocenters. The van der Waals surface area contributed by atoms with Crippen molar-refractivity contribution in [2.45, 2.75) is 296 Å².